The van der Waals surface area contributed by atoms with Crippen LogP contribution in [0, 0.1) is 25.2 Å². The van der Waals surface area contributed by atoms with Crippen molar-refractivity contribution in [3.8, 4) is 11.8 Å². The Hall–Kier alpha value is -3.40. The standard InChI is InChI=1S/C20H20N4O3/c1-12-10-22-16(13(2)17(12)27-4)11-24-18(25)20(3,23-19(24)26)15-7-5-14(9-21)6-8-15/h5-8,10H,11H2,1-4H3,(H,23,26). The Morgan fingerprint density at radius 1 is 1.26 bits per heavy atom. The molecule has 1 aromatic carbocycles. The van der Waals surface area contributed by atoms with E-state index < -0.39 is 11.6 Å². The highest BCUT2D eigenvalue weighted by molar-refractivity contribution is 6.07. The molecule has 7 nitrogen and oxygen atoms in total. The fourth-order valence-electron chi connectivity index (χ4n) is 3.29. The molecule has 138 valence electrons. The number of nitriles is 1. The maximum Gasteiger partial charge on any atom is 0.325 e. The van der Waals surface area contributed by atoms with E-state index in [4.69, 9.17) is 10.00 Å². The minimum absolute atomic E-state index is 0.0546. The molecule has 1 aliphatic heterocycles. The summed E-state index contributed by atoms with van der Waals surface area (Å²) in [4.78, 5) is 31.1. The zero-order valence-corrected chi connectivity index (χ0v) is 15.7. The van der Waals surface area contributed by atoms with E-state index in [0.717, 1.165) is 16.0 Å². The van der Waals surface area contributed by atoms with Gasteiger partial charge in [-0.1, -0.05) is 12.1 Å². The van der Waals surface area contributed by atoms with Crippen molar-refractivity contribution in [2.75, 3.05) is 7.11 Å². The first-order chi connectivity index (χ1) is 12.8. The molecule has 1 saturated heterocycles. The zero-order chi connectivity index (χ0) is 19.8. The topological polar surface area (TPSA) is 95.3 Å². The van der Waals surface area contributed by atoms with Crippen LogP contribution >= 0.6 is 0 Å². The largest absolute Gasteiger partial charge is 0.496 e. The van der Waals surface area contributed by atoms with Crippen LogP contribution in [-0.4, -0.2) is 28.9 Å². The van der Waals surface area contributed by atoms with Gasteiger partial charge in [0, 0.05) is 17.3 Å². The van der Waals surface area contributed by atoms with E-state index in [2.05, 4.69) is 10.3 Å². The predicted octanol–water partition coefficient (Wildman–Crippen LogP) is 2.55. The summed E-state index contributed by atoms with van der Waals surface area (Å²) in [5.41, 5.74) is 2.21. The number of ether oxygens (including phenoxy) is 1. The average molecular weight is 364 g/mol. The number of methoxy groups -OCH3 is 1. The van der Waals surface area contributed by atoms with Crippen molar-refractivity contribution in [2.45, 2.75) is 32.9 Å². The van der Waals surface area contributed by atoms with Crippen molar-refractivity contribution in [3.05, 3.63) is 58.4 Å². The predicted molar refractivity (Wildman–Crippen MR) is 97.9 cm³/mol. The fraction of sp³-hybridized carbons (Fsp3) is 0.300. The lowest BCUT2D eigenvalue weighted by Crippen LogP contribution is -2.40. The number of amides is 3. The van der Waals surface area contributed by atoms with Crippen LogP contribution in [0.4, 0.5) is 4.79 Å². The number of aromatic nitrogens is 1. The number of pyridine rings is 1. The van der Waals surface area contributed by atoms with Gasteiger partial charge in [-0.15, -0.1) is 0 Å². The van der Waals surface area contributed by atoms with E-state index in [0.29, 0.717) is 22.6 Å². The molecule has 1 atom stereocenters. The van der Waals surface area contributed by atoms with Crippen molar-refractivity contribution >= 4 is 11.9 Å². The molecule has 2 aromatic rings. The van der Waals surface area contributed by atoms with Gasteiger partial charge in [-0.2, -0.15) is 5.26 Å². The molecule has 1 unspecified atom stereocenters. The number of benzene rings is 1. The molecule has 3 rings (SSSR count). The maximum absolute atomic E-state index is 13.0. The molecular weight excluding hydrogens is 344 g/mol. The summed E-state index contributed by atoms with van der Waals surface area (Å²) in [6.07, 6.45) is 1.67. The first-order valence-electron chi connectivity index (χ1n) is 8.45. The van der Waals surface area contributed by atoms with Gasteiger partial charge >= 0.3 is 6.03 Å². The monoisotopic (exact) mass is 364 g/mol. The number of carbonyl (C=O) groups is 2. The smallest absolute Gasteiger partial charge is 0.325 e. The molecule has 1 N–H and O–H groups in total. The van der Waals surface area contributed by atoms with E-state index in [1.165, 1.54) is 0 Å². The number of rotatable bonds is 4. The molecule has 27 heavy (non-hydrogen) atoms. The van der Waals surface area contributed by atoms with E-state index in [1.807, 2.05) is 19.9 Å². The molecule has 0 saturated carbocycles. The van der Waals surface area contributed by atoms with E-state index in [-0.39, 0.29) is 12.5 Å². The lowest BCUT2D eigenvalue weighted by atomic mass is 9.91. The molecule has 3 amide bonds. The minimum atomic E-state index is -1.19. The highest BCUT2D eigenvalue weighted by Gasteiger charge is 2.49. The van der Waals surface area contributed by atoms with Gasteiger partial charge in [0.1, 0.15) is 11.3 Å². The van der Waals surface area contributed by atoms with Crippen molar-refractivity contribution in [1.82, 2.24) is 15.2 Å². The third-order valence-corrected chi connectivity index (χ3v) is 4.92. The second-order valence-electron chi connectivity index (χ2n) is 6.68. The van der Waals surface area contributed by atoms with Gasteiger partial charge in [0.05, 0.1) is 31.0 Å². The van der Waals surface area contributed by atoms with Crippen LogP contribution in [0.15, 0.2) is 30.5 Å². The number of nitrogens with one attached hydrogen (secondary N) is 1. The van der Waals surface area contributed by atoms with Crippen molar-refractivity contribution in [2.24, 2.45) is 0 Å². The van der Waals surface area contributed by atoms with Gasteiger partial charge < -0.3 is 10.1 Å². The first kappa shape index (κ1) is 18.4. The Kier molecular flexibility index (Phi) is 4.58. The number of hydrogen-bond acceptors (Lipinski definition) is 5. The summed E-state index contributed by atoms with van der Waals surface area (Å²) in [5, 5.41) is 11.7. The van der Waals surface area contributed by atoms with Gasteiger partial charge in [-0.3, -0.25) is 14.7 Å². The van der Waals surface area contributed by atoms with E-state index >= 15 is 0 Å². The third kappa shape index (κ3) is 2.99. The Labute approximate surface area is 157 Å². The average Bonchev–Trinajstić information content (AvgIpc) is 2.88. The second kappa shape index (κ2) is 6.72. The quantitative estimate of drug-likeness (QED) is 0.841. The van der Waals surface area contributed by atoms with Crippen LogP contribution in [-0.2, 0) is 16.9 Å². The van der Waals surface area contributed by atoms with Crippen molar-refractivity contribution in [3.63, 3.8) is 0 Å². The Balaban J connectivity index is 1.92. The summed E-state index contributed by atoms with van der Waals surface area (Å²) in [7, 11) is 1.58. The van der Waals surface area contributed by atoms with Gasteiger partial charge in [0.25, 0.3) is 5.91 Å². The van der Waals surface area contributed by atoms with Gasteiger partial charge in [-0.05, 0) is 38.5 Å². The lowest BCUT2D eigenvalue weighted by Gasteiger charge is -2.22. The van der Waals surface area contributed by atoms with Gasteiger partial charge in [0.15, 0.2) is 0 Å². The molecule has 7 heteroatoms. The third-order valence-electron chi connectivity index (χ3n) is 4.92. The molecule has 0 spiro atoms. The number of urea groups is 1. The number of hydrogen-bond donors (Lipinski definition) is 1. The molecule has 0 aliphatic carbocycles. The Bertz CT molecular complexity index is 962. The van der Waals surface area contributed by atoms with Crippen LogP contribution in [0.1, 0.15) is 34.9 Å². The van der Waals surface area contributed by atoms with Crippen LogP contribution in [0.5, 0.6) is 5.75 Å². The molecular formula is C20H20N4O3. The molecule has 1 aromatic heterocycles. The summed E-state index contributed by atoms with van der Waals surface area (Å²) >= 11 is 0. The van der Waals surface area contributed by atoms with Crippen LogP contribution in [0.25, 0.3) is 0 Å². The minimum Gasteiger partial charge on any atom is -0.496 e. The molecule has 0 bridgehead atoms. The van der Waals surface area contributed by atoms with Crippen LogP contribution < -0.4 is 10.1 Å². The van der Waals surface area contributed by atoms with Crippen LogP contribution in [0.3, 0.4) is 0 Å². The summed E-state index contributed by atoms with van der Waals surface area (Å²) in [6, 6.07) is 8.17. The Morgan fingerprint density at radius 2 is 1.93 bits per heavy atom. The van der Waals surface area contributed by atoms with Crippen molar-refractivity contribution < 1.29 is 14.3 Å². The highest BCUT2D eigenvalue weighted by atomic mass is 16.5. The molecule has 0 radical (unpaired) electrons. The number of nitrogens with zero attached hydrogens (tertiary/aromatic N) is 3. The SMILES string of the molecule is COc1c(C)cnc(CN2C(=O)NC(C)(c3ccc(C#N)cc3)C2=O)c1C. The first-order valence-corrected chi connectivity index (χ1v) is 8.45. The van der Waals surface area contributed by atoms with E-state index in [1.54, 1.807) is 44.5 Å². The fourth-order valence-corrected chi connectivity index (χ4v) is 3.29. The van der Waals surface area contributed by atoms with Crippen molar-refractivity contribution in [1.29, 1.82) is 5.26 Å². The highest BCUT2D eigenvalue weighted by Crippen LogP contribution is 2.31. The lowest BCUT2D eigenvalue weighted by molar-refractivity contribution is -0.131. The second-order valence-corrected chi connectivity index (χ2v) is 6.68. The van der Waals surface area contributed by atoms with Gasteiger partial charge in [-0.25, -0.2) is 4.79 Å². The summed E-state index contributed by atoms with van der Waals surface area (Å²) < 4.78 is 5.40. The molecule has 1 fully saturated rings. The maximum atomic E-state index is 13.0. The zero-order valence-electron chi connectivity index (χ0n) is 15.7. The number of aryl methyl sites for hydroxylation is 1. The number of imide groups is 1. The van der Waals surface area contributed by atoms with E-state index in [9.17, 15) is 9.59 Å². The molecule has 1 aliphatic rings. The summed E-state index contributed by atoms with van der Waals surface area (Å²) in [6.45, 7) is 5.45. The normalized spacial score (nSPS) is 19.0. The van der Waals surface area contributed by atoms with Crippen LogP contribution in [0.2, 0.25) is 0 Å². The summed E-state index contributed by atoms with van der Waals surface area (Å²) in [5.74, 6) is 0.333. The molecule has 2 heterocycles. The Morgan fingerprint density at radius 3 is 2.52 bits per heavy atom. The van der Waals surface area contributed by atoms with Gasteiger partial charge in [0.2, 0.25) is 0 Å². The number of carbonyl (C=O) groups excluding carboxylic acids is 2.